The number of methoxy groups -OCH3 is 1. The van der Waals surface area contributed by atoms with E-state index in [4.69, 9.17) is 4.74 Å². The van der Waals surface area contributed by atoms with Crippen LogP contribution in [0.25, 0.3) is 0 Å². The number of rotatable bonds is 3. The van der Waals surface area contributed by atoms with Crippen molar-refractivity contribution in [2.24, 2.45) is 11.8 Å². The van der Waals surface area contributed by atoms with Crippen molar-refractivity contribution < 1.29 is 13.9 Å². The molecule has 6 nitrogen and oxygen atoms in total. The van der Waals surface area contributed by atoms with Gasteiger partial charge in [0.1, 0.15) is 5.75 Å². The van der Waals surface area contributed by atoms with Gasteiger partial charge in [0.25, 0.3) is 0 Å². The monoisotopic (exact) mass is 384 g/mol. The predicted octanol–water partition coefficient (Wildman–Crippen LogP) is 3.02. The van der Waals surface area contributed by atoms with Crippen molar-refractivity contribution in [2.75, 3.05) is 45.7 Å². The zero-order chi connectivity index (χ0) is 19.8. The third-order valence-electron chi connectivity index (χ3n) is 5.79. The fourth-order valence-electron chi connectivity index (χ4n) is 4.51. The molecule has 0 spiro atoms. The zero-order valence-corrected chi connectivity index (χ0v) is 16.4. The van der Waals surface area contributed by atoms with Crippen LogP contribution in [0.2, 0.25) is 0 Å². The van der Waals surface area contributed by atoms with Crippen LogP contribution in [0.15, 0.2) is 42.6 Å². The molecule has 1 aromatic heterocycles. The average molecular weight is 384 g/mol. The van der Waals surface area contributed by atoms with E-state index >= 15 is 0 Å². The Morgan fingerprint density at radius 3 is 2.57 bits per heavy atom. The van der Waals surface area contributed by atoms with Crippen LogP contribution in [-0.4, -0.2) is 61.7 Å². The number of pyridine rings is 1. The van der Waals surface area contributed by atoms with E-state index in [0.717, 1.165) is 11.3 Å². The van der Waals surface area contributed by atoms with Gasteiger partial charge >= 0.3 is 6.03 Å². The maximum atomic E-state index is 14.2. The molecule has 1 aromatic carbocycles. The summed E-state index contributed by atoms with van der Waals surface area (Å²) >= 11 is 0. The normalized spacial score (nSPS) is 23.6. The van der Waals surface area contributed by atoms with Crippen LogP contribution < -0.4 is 9.64 Å². The summed E-state index contributed by atoms with van der Waals surface area (Å²) in [5.41, 5.74) is 1.08. The van der Waals surface area contributed by atoms with Gasteiger partial charge in [-0.3, -0.25) is 0 Å². The zero-order valence-electron chi connectivity index (χ0n) is 16.4. The third kappa shape index (κ3) is 3.15. The molecule has 0 aliphatic carbocycles. The summed E-state index contributed by atoms with van der Waals surface area (Å²) in [6.07, 6.45) is 1.62. The maximum Gasteiger partial charge on any atom is 0.320 e. The van der Waals surface area contributed by atoms with Crippen molar-refractivity contribution in [1.29, 1.82) is 0 Å². The highest BCUT2D eigenvalue weighted by Crippen LogP contribution is 2.46. The molecule has 2 fully saturated rings. The number of carbonyl (C=O) groups is 1. The lowest BCUT2D eigenvalue weighted by atomic mass is 9.89. The standard InChI is InChI=1S/C21H25FN4O2/c1-24(2)21(27)26-12-15-11-25(20-18(22)5-4-10-23-20)13-17(15)19(26)14-6-8-16(28-3)9-7-14/h4-10,15,17,19H,11-13H2,1-3H3/t15-,17-,19+/m1/s1. The fourth-order valence-corrected chi connectivity index (χ4v) is 4.51. The number of fused-ring (bicyclic) bond motifs is 1. The molecule has 28 heavy (non-hydrogen) atoms. The molecule has 7 heteroatoms. The lowest BCUT2D eigenvalue weighted by Crippen LogP contribution is -2.41. The van der Waals surface area contributed by atoms with E-state index in [0.29, 0.717) is 25.5 Å². The highest BCUT2D eigenvalue weighted by Gasteiger charge is 2.50. The molecule has 2 aromatic rings. The van der Waals surface area contributed by atoms with Gasteiger partial charge in [0.15, 0.2) is 11.6 Å². The molecule has 0 radical (unpaired) electrons. The Kier molecular flexibility index (Phi) is 4.83. The van der Waals surface area contributed by atoms with Gasteiger partial charge in [-0.05, 0) is 29.8 Å². The molecule has 3 heterocycles. The van der Waals surface area contributed by atoms with Crippen LogP contribution in [0.1, 0.15) is 11.6 Å². The SMILES string of the molecule is COc1ccc([C@H]2[C@@H]3CN(c4ncccc4F)C[C@@H]3CN2C(=O)N(C)C)cc1. The molecule has 3 atom stereocenters. The van der Waals surface area contributed by atoms with Crippen LogP contribution in [0, 0.1) is 17.7 Å². The van der Waals surface area contributed by atoms with E-state index in [1.54, 1.807) is 38.4 Å². The number of amides is 2. The topological polar surface area (TPSA) is 48.9 Å². The number of nitrogens with zero attached hydrogens (tertiary/aromatic N) is 4. The first-order valence-corrected chi connectivity index (χ1v) is 9.47. The average Bonchev–Trinajstić information content (AvgIpc) is 3.25. The minimum absolute atomic E-state index is 0.00536. The van der Waals surface area contributed by atoms with Gasteiger partial charge in [-0.2, -0.15) is 0 Å². The number of ether oxygens (including phenoxy) is 1. The molecule has 2 saturated heterocycles. The molecule has 2 aliphatic heterocycles. The molecule has 2 amide bonds. The van der Waals surface area contributed by atoms with Crippen LogP contribution in [0.4, 0.5) is 15.0 Å². The van der Waals surface area contributed by atoms with Crippen LogP contribution >= 0.6 is 0 Å². The van der Waals surface area contributed by atoms with Gasteiger partial charge < -0.3 is 19.4 Å². The molecule has 0 unspecified atom stereocenters. The Balaban J connectivity index is 1.65. The number of urea groups is 1. The number of hydrogen-bond donors (Lipinski definition) is 0. The molecule has 148 valence electrons. The van der Waals surface area contributed by atoms with Crippen molar-refractivity contribution in [1.82, 2.24) is 14.8 Å². The van der Waals surface area contributed by atoms with Gasteiger partial charge in [-0.25, -0.2) is 14.2 Å². The first-order valence-electron chi connectivity index (χ1n) is 9.47. The number of likely N-dealkylation sites (tertiary alicyclic amines) is 1. The van der Waals surface area contributed by atoms with Gasteiger partial charge in [-0.15, -0.1) is 0 Å². The van der Waals surface area contributed by atoms with Gasteiger partial charge in [0.05, 0.1) is 13.2 Å². The Labute approximate surface area is 164 Å². The summed E-state index contributed by atoms with van der Waals surface area (Å²) in [5, 5.41) is 0. The fraction of sp³-hybridized carbons (Fsp3) is 0.429. The summed E-state index contributed by atoms with van der Waals surface area (Å²) in [7, 11) is 5.19. The third-order valence-corrected chi connectivity index (χ3v) is 5.79. The number of hydrogen-bond acceptors (Lipinski definition) is 4. The van der Waals surface area contributed by atoms with Crippen molar-refractivity contribution >= 4 is 11.8 Å². The van der Waals surface area contributed by atoms with E-state index in [1.165, 1.54) is 6.07 Å². The van der Waals surface area contributed by atoms with Crippen molar-refractivity contribution in [3.8, 4) is 5.75 Å². The first-order chi connectivity index (χ1) is 13.5. The van der Waals surface area contributed by atoms with E-state index in [1.807, 2.05) is 34.1 Å². The Bertz CT molecular complexity index is 858. The van der Waals surface area contributed by atoms with Gasteiger partial charge in [0.2, 0.25) is 0 Å². The summed E-state index contributed by atoms with van der Waals surface area (Å²) < 4.78 is 19.5. The summed E-state index contributed by atoms with van der Waals surface area (Å²) in [6.45, 7) is 2.03. The van der Waals surface area contributed by atoms with Crippen LogP contribution in [0.5, 0.6) is 5.75 Å². The number of benzene rings is 1. The van der Waals surface area contributed by atoms with Crippen LogP contribution in [-0.2, 0) is 0 Å². The Morgan fingerprint density at radius 2 is 1.93 bits per heavy atom. The van der Waals surface area contributed by atoms with E-state index in [2.05, 4.69) is 4.98 Å². The maximum absolute atomic E-state index is 14.2. The number of aromatic nitrogens is 1. The minimum atomic E-state index is -0.301. The van der Waals surface area contributed by atoms with Crippen LogP contribution in [0.3, 0.4) is 0 Å². The lowest BCUT2D eigenvalue weighted by molar-refractivity contribution is 0.159. The first kappa shape index (κ1) is 18.5. The van der Waals surface area contributed by atoms with E-state index < -0.39 is 0 Å². The quantitative estimate of drug-likeness (QED) is 0.816. The molecule has 0 N–H and O–H groups in total. The van der Waals surface area contributed by atoms with Gasteiger partial charge in [-0.1, -0.05) is 12.1 Å². The second kappa shape index (κ2) is 7.30. The molecular formula is C21H25FN4O2. The highest BCUT2D eigenvalue weighted by atomic mass is 19.1. The smallest absolute Gasteiger partial charge is 0.320 e. The van der Waals surface area contributed by atoms with Crippen molar-refractivity contribution in [2.45, 2.75) is 6.04 Å². The number of anilines is 1. The Morgan fingerprint density at radius 1 is 1.18 bits per heavy atom. The van der Waals surface area contributed by atoms with Crippen molar-refractivity contribution in [3.63, 3.8) is 0 Å². The molecular weight excluding hydrogens is 359 g/mol. The van der Waals surface area contributed by atoms with Crippen molar-refractivity contribution in [3.05, 3.63) is 54.0 Å². The van der Waals surface area contributed by atoms with Gasteiger partial charge in [0, 0.05) is 51.8 Å². The Hall–Kier alpha value is -2.83. The number of halogens is 1. The molecule has 0 saturated carbocycles. The molecule has 0 bridgehead atoms. The lowest BCUT2D eigenvalue weighted by Gasteiger charge is -2.32. The van der Waals surface area contributed by atoms with E-state index in [-0.39, 0.29) is 29.7 Å². The summed E-state index contributed by atoms with van der Waals surface area (Å²) in [5.74, 6) is 1.38. The summed E-state index contributed by atoms with van der Waals surface area (Å²) in [6, 6.07) is 10.9. The largest absolute Gasteiger partial charge is 0.497 e. The number of carbonyl (C=O) groups excluding carboxylic acids is 1. The second-order valence-electron chi connectivity index (χ2n) is 7.69. The predicted molar refractivity (Wildman–Crippen MR) is 105 cm³/mol. The van der Waals surface area contributed by atoms with E-state index in [9.17, 15) is 9.18 Å². The summed E-state index contributed by atoms with van der Waals surface area (Å²) in [4.78, 5) is 22.6. The minimum Gasteiger partial charge on any atom is -0.497 e. The highest BCUT2D eigenvalue weighted by molar-refractivity contribution is 5.75. The molecule has 4 rings (SSSR count). The molecule has 2 aliphatic rings. The second-order valence-corrected chi connectivity index (χ2v) is 7.69.